The Labute approximate surface area is 179 Å². The van der Waals surface area contributed by atoms with Crippen molar-refractivity contribution in [1.29, 1.82) is 0 Å². The van der Waals surface area contributed by atoms with Crippen LogP contribution in [0, 0.1) is 23.7 Å². The fraction of sp³-hybridized carbons (Fsp3) is 0.833. The van der Waals surface area contributed by atoms with Crippen LogP contribution in [0.4, 0.5) is 0 Å². The van der Waals surface area contributed by atoms with Crippen LogP contribution in [0.1, 0.15) is 76.8 Å². The highest BCUT2D eigenvalue weighted by Crippen LogP contribution is 2.62. The van der Waals surface area contributed by atoms with E-state index in [0.717, 1.165) is 25.8 Å². The summed E-state index contributed by atoms with van der Waals surface area (Å²) in [6, 6.07) is 4.46. The molecule has 6 heterocycles. The molecule has 6 aliphatic rings. The van der Waals surface area contributed by atoms with Crippen molar-refractivity contribution < 1.29 is 19.2 Å². The molecule has 6 fully saturated rings. The van der Waals surface area contributed by atoms with Crippen LogP contribution in [-0.2, 0) is 25.8 Å². The lowest BCUT2D eigenvalue weighted by Crippen LogP contribution is -2.69. The first kappa shape index (κ1) is 19.7. The van der Waals surface area contributed by atoms with Crippen LogP contribution in [0.2, 0.25) is 0 Å². The Morgan fingerprint density at radius 3 is 2.73 bits per heavy atom. The molecular weight excluding hydrogens is 380 g/mol. The van der Waals surface area contributed by atoms with Gasteiger partial charge in [0, 0.05) is 30.3 Å². The van der Waals surface area contributed by atoms with Gasteiger partial charge in [-0.2, -0.15) is 0 Å². The minimum Gasteiger partial charge on any atom is -0.359 e. The van der Waals surface area contributed by atoms with Gasteiger partial charge in [-0.25, -0.2) is 9.78 Å². The monoisotopic (exact) mass is 416 g/mol. The molecule has 6 heteroatoms. The number of hydrogen-bond acceptors (Lipinski definition) is 5. The van der Waals surface area contributed by atoms with E-state index in [2.05, 4.69) is 35.9 Å². The minimum atomic E-state index is -0.709. The number of hydrogen-bond donors (Lipinski definition) is 1. The number of fused-ring (bicyclic) bond motifs is 2. The lowest BCUT2D eigenvalue weighted by molar-refractivity contribution is -0.571. The van der Waals surface area contributed by atoms with Crippen molar-refractivity contribution >= 4 is 0 Å². The lowest BCUT2D eigenvalue weighted by Gasteiger charge is -2.60. The largest absolute Gasteiger partial charge is 0.359 e. The van der Waals surface area contributed by atoms with Gasteiger partial charge in [0.05, 0.1) is 0 Å². The molecule has 0 unspecified atom stereocenters. The topological polar surface area (TPSA) is 56.0 Å². The van der Waals surface area contributed by atoms with Gasteiger partial charge in [-0.15, -0.1) is 0 Å². The van der Waals surface area contributed by atoms with Crippen LogP contribution in [0.25, 0.3) is 0 Å². The second-order valence-electron chi connectivity index (χ2n) is 10.7. The van der Waals surface area contributed by atoms with Crippen molar-refractivity contribution in [2.75, 3.05) is 13.1 Å². The summed E-state index contributed by atoms with van der Waals surface area (Å²) in [5.41, 5.74) is 1.98. The summed E-state index contributed by atoms with van der Waals surface area (Å²) in [7, 11) is 0. The van der Waals surface area contributed by atoms with Gasteiger partial charge in [0.1, 0.15) is 6.10 Å². The van der Waals surface area contributed by atoms with Crippen molar-refractivity contribution in [2.24, 2.45) is 23.7 Å². The summed E-state index contributed by atoms with van der Waals surface area (Å²) in [6.45, 7) is 10.1. The Balaban J connectivity index is 1.31. The molecule has 166 valence electrons. The fourth-order valence-corrected chi connectivity index (χ4v) is 7.16. The first-order chi connectivity index (χ1) is 14.5. The first-order valence-corrected chi connectivity index (χ1v) is 12.1. The predicted octanol–water partition coefficient (Wildman–Crippen LogP) is 4.53. The Morgan fingerprint density at radius 1 is 1.07 bits per heavy atom. The van der Waals surface area contributed by atoms with E-state index in [1.165, 1.54) is 43.7 Å². The third-order valence-corrected chi connectivity index (χ3v) is 8.83. The maximum absolute atomic E-state index is 6.75. The summed E-state index contributed by atoms with van der Waals surface area (Å²) in [6.07, 6.45) is 6.58. The van der Waals surface area contributed by atoms with Gasteiger partial charge in [0.25, 0.3) is 0 Å². The number of likely N-dealkylation sites (tertiary alicyclic amines) is 1. The number of rotatable bonds is 3. The molecule has 8 atom stereocenters. The quantitative estimate of drug-likeness (QED) is 0.734. The summed E-state index contributed by atoms with van der Waals surface area (Å²) < 4.78 is 13.3. The van der Waals surface area contributed by atoms with Crippen molar-refractivity contribution in [3.05, 3.63) is 23.5 Å². The summed E-state index contributed by atoms with van der Waals surface area (Å²) >= 11 is 0. The summed E-state index contributed by atoms with van der Waals surface area (Å²) in [5.74, 6) is 1.02. The Bertz CT molecular complexity index is 792. The third kappa shape index (κ3) is 2.87. The van der Waals surface area contributed by atoms with Crippen molar-refractivity contribution in [2.45, 2.75) is 89.6 Å². The molecule has 5 saturated heterocycles. The molecule has 1 aromatic rings. The second-order valence-corrected chi connectivity index (χ2v) is 10.7. The van der Waals surface area contributed by atoms with E-state index in [-0.39, 0.29) is 12.4 Å². The lowest BCUT2D eigenvalue weighted by atomic mass is 9.57. The molecule has 30 heavy (non-hydrogen) atoms. The van der Waals surface area contributed by atoms with Crippen LogP contribution < -0.4 is 0 Å². The molecule has 0 radical (unpaired) electrons. The number of ether oxygens (including phenoxy) is 2. The highest BCUT2D eigenvalue weighted by molar-refractivity contribution is 5.20. The zero-order valence-corrected chi connectivity index (χ0v) is 18.6. The first-order valence-electron chi connectivity index (χ1n) is 12.1. The highest BCUT2D eigenvalue weighted by atomic mass is 17.3. The minimum absolute atomic E-state index is 0.00133. The van der Waals surface area contributed by atoms with Gasteiger partial charge in [0.2, 0.25) is 5.79 Å². The fourth-order valence-electron chi connectivity index (χ4n) is 7.16. The van der Waals surface area contributed by atoms with E-state index in [0.29, 0.717) is 23.7 Å². The molecule has 1 aromatic heterocycles. The zero-order chi connectivity index (χ0) is 20.5. The number of H-pyrrole nitrogens is 1. The van der Waals surface area contributed by atoms with Gasteiger partial charge in [-0.1, -0.05) is 13.8 Å². The van der Waals surface area contributed by atoms with Gasteiger partial charge < -0.3 is 14.5 Å². The Morgan fingerprint density at radius 2 is 1.90 bits per heavy atom. The second kappa shape index (κ2) is 7.04. The normalized spacial score (nSPS) is 48.5. The van der Waals surface area contributed by atoms with Gasteiger partial charge in [-0.3, -0.25) is 4.90 Å². The maximum atomic E-state index is 6.75. The average molecular weight is 417 g/mol. The SMILES string of the molecule is C[C@H]1[C@H](c2ccc(CN3CCCC3)[nH]2)O[C@@H]2O[C@@]3(C)CC[C@H]4[C@H](C)CC[C@@H]1[C@@]24OO3. The van der Waals surface area contributed by atoms with Gasteiger partial charge in [-0.05, 0) is 82.0 Å². The standard InChI is InChI=1S/C24H36N2O4/c1-15-6-8-19-16(2)21(20-9-7-17(25-20)14-26-12-4-5-13-26)27-22-24(19)18(15)10-11-23(3,28-22)29-30-24/h7,9,15-16,18-19,21-22,25H,4-6,8,10-14H2,1-3H3/t15-,16-,18+,19+,21-,22-,23-,24-/m1/s1. The summed E-state index contributed by atoms with van der Waals surface area (Å²) in [4.78, 5) is 18.4. The Hall–Kier alpha value is -0.920. The molecule has 6 nitrogen and oxygen atoms in total. The molecule has 1 N–H and O–H groups in total. The van der Waals surface area contributed by atoms with E-state index in [1.54, 1.807) is 0 Å². The highest BCUT2D eigenvalue weighted by Gasteiger charge is 2.69. The number of nitrogens with one attached hydrogen (secondary N) is 1. The predicted molar refractivity (Wildman–Crippen MR) is 111 cm³/mol. The molecule has 1 saturated carbocycles. The van der Waals surface area contributed by atoms with Crippen LogP contribution in [0.5, 0.6) is 0 Å². The van der Waals surface area contributed by atoms with E-state index >= 15 is 0 Å². The molecule has 2 bridgehead atoms. The maximum Gasteiger partial charge on any atom is 0.201 e. The average Bonchev–Trinajstić information content (AvgIpc) is 3.35. The van der Waals surface area contributed by atoms with Crippen LogP contribution in [-0.4, -0.2) is 40.7 Å². The van der Waals surface area contributed by atoms with Crippen LogP contribution in [0.3, 0.4) is 0 Å². The zero-order valence-electron chi connectivity index (χ0n) is 18.6. The number of aromatic amines is 1. The van der Waals surface area contributed by atoms with Gasteiger partial charge in [0.15, 0.2) is 11.9 Å². The van der Waals surface area contributed by atoms with Gasteiger partial charge >= 0.3 is 0 Å². The number of nitrogens with zero attached hydrogens (tertiary/aromatic N) is 1. The molecule has 7 rings (SSSR count). The summed E-state index contributed by atoms with van der Waals surface area (Å²) in [5, 5.41) is 0. The molecule has 1 spiro atoms. The number of aromatic nitrogens is 1. The van der Waals surface area contributed by atoms with Crippen molar-refractivity contribution in [3.63, 3.8) is 0 Å². The van der Waals surface area contributed by atoms with E-state index in [1.807, 2.05) is 6.92 Å². The van der Waals surface area contributed by atoms with Crippen molar-refractivity contribution in [3.8, 4) is 0 Å². The molecule has 1 aliphatic carbocycles. The van der Waals surface area contributed by atoms with E-state index in [4.69, 9.17) is 19.2 Å². The molecular formula is C24H36N2O4. The third-order valence-electron chi connectivity index (χ3n) is 8.83. The molecule has 0 amide bonds. The Kier molecular flexibility index (Phi) is 4.63. The van der Waals surface area contributed by atoms with E-state index < -0.39 is 11.4 Å². The smallest absolute Gasteiger partial charge is 0.201 e. The van der Waals surface area contributed by atoms with Crippen LogP contribution >= 0.6 is 0 Å². The van der Waals surface area contributed by atoms with Crippen molar-refractivity contribution in [1.82, 2.24) is 9.88 Å². The van der Waals surface area contributed by atoms with Crippen LogP contribution in [0.15, 0.2) is 12.1 Å². The molecule has 0 aromatic carbocycles. The molecule has 5 aliphatic heterocycles. The van der Waals surface area contributed by atoms with E-state index in [9.17, 15) is 0 Å².